The Labute approximate surface area is 94.0 Å². The fourth-order valence-corrected chi connectivity index (χ4v) is 1.72. The zero-order valence-corrected chi connectivity index (χ0v) is 8.89. The van der Waals surface area contributed by atoms with Crippen molar-refractivity contribution in [2.45, 2.75) is 19.0 Å². The van der Waals surface area contributed by atoms with Gasteiger partial charge in [-0.1, -0.05) is 6.07 Å². The molecule has 88 valence electrons. The van der Waals surface area contributed by atoms with Crippen molar-refractivity contribution < 1.29 is 18.1 Å². The maximum Gasteiger partial charge on any atom is 0.423 e. The van der Waals surface area contributed by atoms with E-state index in [0.717, 1.165) is 6.07 Å². The van der Waals surface area contributed by atoms with E-state index in [2.05, 4.69) is 0 Å². The molecule has 1 rings (SSSR count). The second-order valence-electron chi connectivity index (χ2n) is 3.14. The molecule has 7 heteroatoms. The van der Waals surface area contributed by atoms with Gasteiger partial charge in [-0.3, -0.25) is 10.1 Å². The molecule has 0 aromatic heterocycles. The van der Waals surface area contributed by atoms with Gasteiger partial charge in [0.05, 0.1) is 4.92 Å². The Morgan fingerprint density at radius 1 is 1.44 bits per heavy atom. The molecule has 0 amide bonds. The Balaban J connectivity index is 3.61. The number of nitrogens with zero attached hydrogens (tertiary/aromatic N) is 1. The van der Waals surface area contributed by atoms with Gasteiger partial charge in [0.1, 0.15) is 5.56 Å². The van der Waals surface area contributed by atoms with Crippen LogP contribution in [-0.2, 0) is 12.1 Å². The van der Waals surface area contributed by atoms with Gasteiger partial charge in [-0.05, 0) is 18.1 Å². The van der Waals surface area contributed by atoms with Crippen LogP contribution >= 0.6 is 11.6 Å². The smallest absolute Gasteiger partial charge is 0.258 e. The summed E-state index contributed by atoms with van der Waals surface area (Å²) < 4.78 is 38.0. The summed E-state index contributed by atoms with van der Waals surface area (Å²) in [6, 6.07) is 2.10. The second kappa shape index (κ2) is 4.29. The number of aryl methyl sites for hydroxylation is 1. The van der Waals surface area contributed by atoms with Gasteiger partial charge in [0.25, 0.3) is 5.69 Å². The Morgan fingerprint density at radius 3 is 2.38 bits per heavy atom. The number of hydrogen-bond acceptors (Lipinski definition) is 2. The van der Waals surface area contributed by atoms with E-state index in [1.807, 2.05) is 0 Å². The van der Waals surface area contributed by atoms with Gasteiger partial charge in [0.2, 0.25) is 0 Å². The maximum absolute atomic E-state index is 12.7. The standard InChI is InChI=1S/C9H7ClF3NO2/c1-5-2-3-7(14(15)16)8(6(5)4-10)9(11,12)13/h2-3H,4H2,1H3. The minimum absolute atomic E-state index is 0.247. The van der Waals surface area contributed by atoms with Crippen LogP contribution in [0, 0.1) is 17.0 Å². The van der Waals surface area contributed by atoms with Gasteiger partial charge >= 0.3 is 6.18 Å². The zero-order chi connectivity index (χ0) is 12.5. The SMILES string of the molecule is Cc1ccc([N+](=O)[O-])c(C(F)(F)F)c1CCl. The van der Waals surface area contributed by atoms with Crippen molar-refractivity contribution in [1.82, 2.24) is 0 Å². The molecule has 16 heavy (non-hydrogen) atoms. The van der Waals surface area contributed by atoms with Gasteiger partial charge in [0.15, 0.2) is 0 Å². The molecule has 0 saturated heterocycles. The zero-order valence-electron chi connectivity index (χ0n) is 8.14. The molecule has 0 fully saturated rings. The Bertz CT molecular complexity index is 431. The number of benzene rings is 1. The molecule has 0 aliphatic heterocycles. The van der Waals surface area contributed by atoms with Crippen LogP contribution in [0.2, 0.25) is 0 Å². The predicted octanol–water partition coefficient (Wildman–Crippen LogP) is 3.66. The van der Waals surface area contributed by atoms with Crippen molar-refractivity contribution in [1.29, 1.82) is 0 Å². The molecule has 0 aliphatic rings. The fraction of sp³-hybridized carbons (Fsp3) is 0.333. The molecule has 3 nitrogen and oxygen atoms in total. The summed E-state index contributed by atoms with van der Waals surface area (Å²) in [5, 5.41) is 10.5. The van der Waals surface area contributed by atoms with E-state index in [9.17, 15) is 23.3 Å². The summed E-state index contributed by atoms with van der Waals surface area (Å²) in [4.78, 5) is 9.45. The third kappa shape index (κ3) is 2.27. The number of nitro groups is 1. The minimum Gasteiger partial charge on any atom is -0.258 e. The first-order valence-electron chi connectivity index (χ1n) is 4.19. The average molecular weight is 254 g/mol. The van der Waals surface area contributed by atoms with Crippen LogP contribution in [0.3, 0.4) is 0 Å². The van der Waals surface area contributed by atoms with Crippen LogP contribution in [0.25, 0.3) is 0 Å². The van der Waals surface area contributed by atoms with Crippen molar-refractivity contribution in [2.24, 2.45) is 0 Å². The van der Waals surface area contributed by atoms with Gasteiger partial charge in [-0.2, -0.15) is 13.2 Å². The Hall–Kier alpha value is -1.30. The number of rotatable bonds is 2. The Kier molecular flexibility index (Phi) is 3.42. The summed E-state index contributed by atoms with van der Waals surface area (Å²) >= 11 is 5.40. The number of halogens is 4. The van der Waals surface area contributed by atoms with Crippen molar-refractivity contribution >= 4 is 17.3 Å². The number of hydrogen-bond donors (Lipinski definition) is 0. The summed E-state index contributed by atoms with van der Waals surface area (Å²) in [6.07, 6.45) is -4.78. The molecule has 0 atom stereocenters. The van der Waals surface area contributed by atoms with Gasteiger partial charge in [-0.25, -0.2) is 0 Å². The van der Waals surface area contributed by atoms with E-state index in [4.69, 9.17) is 11.6 Å². The first-order chi connectivity index (χ1) is 7.29. The highest BCUT2D eigenvalue weighted by Gasteiger charge is 2.41. The molecule has 0 N–H and O–H groups in total. The van der Waals surface area contributed by atoms with Crippen LogP contribution in [0.4, 0.5) is 18.9 Å². The highest BCUT2D eigenvalue weighted by molar-refractivity contribution is 6.17. The van der Waals surface area contributed by atoms with E-state index < -0.39 is 28.2 Å². The largest absolute Gasteiger partial charge is 0.423 e. The highest BCUT2D eigenvalue weighted by Crippen LogP contribution is 2.40. The lowest BCUT2D eigenvalue weighted by Crippen LogP contribution is -2.13. The first kappa shape index (κ1) is 12.8. The average Bonchev–Trinajstić information content (AvgIpc) is 2.15. The highest BCUT2D eigenvalue weighted by atomic mass is 35.5. The molecule has 0 heterocycles. The molecule has 0 spiro atoms. The van der Waals surface area contributed by atoms with Gasteiger partial charge < -0.3 is 0 Å². The third-order valence-corrected chi connectivity index (χ3v) is 2.41. The predicted molar refractivity (Wildman–Crippen MR) is 52.4 cm³/mol. The van der Waals surface area contributed by atoms with Gasteiger partial charge in [0, 0.05) is 11.9 Å². The molecule has 0 radical (unpaired) electrons. The van der Waals surface area contributed by atoms with Crippen LogP contribution in [0.1, 0.15) is 16.7 Å². The van der Waals surface area contributed by atoms with Crippen LogP contribution in [0.5, 0.6) is 0 Å². The van der Waals surface area contributed by atoms with Crippen LogP contribution in [-0.4, -0.2) is 4.92 Å². The van der Waals surface area contributed by atoms with Crippen molar-refractivity contribution in [3.05, 3.63) is 38.9 Å². The van der Waals surface area contributed by atoms with E-state index in [1.54, 1.807) is 0 Å². The molecular formula is C9H7ClF3NO2. The molecule has 0 aliphatic carbocycles. The summed E-state index contributed by atoms with van der Waals surface area (Å²) in [5.74, 6) is -0.414. The van der Waals surface area contributed by atoms with Crippen molar-refractivity contribution in [2.75, 3.05) is 0 Å². The summed E-state index contributed by atoms with van der Waals surface area (Å²) in [7, 11) is 0. The second-order valence-corrected chi connectivity index (χ2v) is 3.41. The Morgan fingerprint density at radius 2 is 2.00 bits per heavy atom. The monoisotopic (exact) mass is 253 g/mol. The van der Waals surface area contributed by atoms with E-state index in [0.29, 0.717) is 0 Å². The number of nitro benzene ring substituents is 1. The lowest BCUT2D eigenvalue weighted by Gasteiger charge is -2.13. The molecule has 1 aromatic carbocycles. The lowest BCUT2D eigenvalue weighted by atomic mass is 10.0. The normalized spacial score (nSPS) is 11.6. The molecule has 0 saturated carbocycles. The van der Waals surface area contributed by atoms with E-state index in [1.165, 1.54) is 13.0 Å². The van der Waals surface area contributed by atoms with E-state index >= 15 is 0 Å². The summed E-state index contributed by atoms with van der Waals surface area (Å²) in [6.45, 7) is 1.43. The van der Waals surface area contributed by atoms with Crippen molar-refractivity contribution in [3.63, 3.8) is 0 Å². The van der Waals surface area contributed by atoms with Crippen LogP contribution < -0.4 is 0 Å². The van der Waals surface area contributed by atoms with Crippen LogP contribution in [0.15, 0.2) is 12.1 Å². The first-order valence-corrected chi connectivity index (χ1v) is 4.72. The molecule has 1 aromatic rings. The fourth-order valence-electron chi connectivity index (χ4n) is 1.38. The van der Waals surface area contributed by atoms with E-state index in [-0.39, 0.29) is 11.1 Å². The molecular weight excluding hydrogens is 247 g/mol. The minimum atomic E-state index is -4.78. The lowest BCUT2D eigenvalue weighted by molar-refractivity contribution is -0.388. The number of alkyl halides is 4. The molecule has 0 unspecified atom stereocenters. The topological polar surface area (TPSA) is 43.1 Å². The molecule has 0 bridgehead atoms. The summed E-state index contributed by atoms with van der Waals surface area (Å²) in [5.41, 5.74) is -2.18. The maximum atomic E-state index is 12.7. The van der Waals surface area contributed by atoms with Crippen molar-refractivity contribution in [3.8, 4) is 0 Å². The van der Waals surface area contributed by atoms with Gasteiger partial charge in [-0.15, -0.1) is 11.6 Å². The third-order valence-electron chi connectivity index (χ3n) is 2.14. The quantitative estimate of drug-likeness (QED) is 0.459.